The number of carboxylic acids is 1. The van der Waals surface area contributed by atoms with Gasteiger partial charge in [-0.05, 0) is 48.5 Å². The molecule has 2 aromatic rings. The quantitative estimate of drug-likeness (QED) is 0.110. The number of hydrogen-bond donors (Lipinski definition) is 2. The first-order valence-electron chi connectivity index (χ1n) is 18.7. The van der Waals surface area contributed by atoms with E-state index in [4.69, 9.17) is 0 Å². The monoisotopic (exact) mass is 728 g/mol. The zero-order chi connectivity index (χ0) is 38.8. The number of amides is 2. The zero-order valence-electron chi connectivity index (χ0n) is 31.3. The van der Waals surface area contributed by atoms with Crippen LogP contribution in [-0.2, 0) is 35.2 Å². The van der Waals surface area contributed by atoms with Crippen molar-refractivity contribution in [2.45, 2.75) is 91.6 Å². The molecular weight excluding hydrogens is 676 g/mol. The summed E-state index contributed by atoms with van der Waals surface area (Å²) >= 11 is 0. The lowest BCUT2D eigenvalue weighted by Gasteiger charge is -2.33. The number of ketones is 4. The van der Waals surface area contributed by atoms with Crippen molar-refractivity contribution in [3.63, 3.8) is 0 Å². The molecule has 2 aliphatic rings. The molecule has 1 aliphatic carbocycles. The number of Topliss-reactive ketones (excluding diaryl/α,β-unsaturated/α-hetero) is 4. The third-order valence-corrected chi connectivity index (χ3v) is 10.6. The number of nitrogens with one attached hydrogen (secondary N) is 1. The number of aliphatic carboxylic acids is 1. The molecule has 2 N–H and O–H groups in total. The third-order valence-electron chi connectivity index (χ3n) is 10.6. The van der Waals surface area contributed by atoms with Gasteiger partial charge in [0.2, 0.25) is 17.6 Å². The highest BCUT2D eigenvalue weighted by molar-refractivity contribution is 6.38. The van der Waals surface area contributed by atoms with E-state index in [0.29, 0.717) is 12.8 Å². The van der Waals surface area contributed by atoms with Crippen molar-refractivity contribution in [2.75, 3.05) is 6.54 Å². The summed E-state index contributed by atoms with van der Waals surface area (Å²) in [5.74, 6) is -7.98. The first-order chi connectivity index (χ1) is 25.2. The molecule has 0 saturated carbocycles. The van der Waals surface area contributed by atoms with Crippen LogP contribution in [0.1, 0.15) is 89.2 Å². The number of fused-ring (bicyclic) bond motifs is 1. The van der Waals surface area contributed by atoms with Crippen LogP contribution in [0.3, 0.4) is 0 Å². The van der Waals surface area contributed by atoms with Crippen LogP contribution >= 0.6 is 0 Å². The van der Waals surface area contributed by atoms with E-state index < -0.39 is 65.6 Å². The van der Waals surface area contributed by atoms with Gasteiger partial charge in [-0.2, -0.15) is 0 Å². The van der Waals surface area contributed by atoms with Crippen LogP contribution in [0.5, 0.6) is 0 Å². The summed E-state index contributed by atoms with van der Waals surface area (Å²) in [4.78, 5) is 104. The molecule has 1 fully saturated rings. The van der Waals surface area contributed by atoms with Crippen LogP contribution in [0.15, 0.2) is 61.1 Å². The van der Waals surface area contributed by atoms with Gasteiger partial charge in [0.05, 0.1) is 18.2 Å². The molecule has 2 amide bonds. The maximum absolute atomic E-state index is 14.4. The van der Waals surface area contributed by atoms with Crippen molar-refractivity contribution < 1.29 is 38.7 Å². The van der Waals surface area contributed by atoms with E-state index in [0.717, 1.165) is 5.56 Å². The van der Waals surface area contributed by atoms with Crippen molar-refractivity contribution in [3.8, 4) is 0 Å². The molecule has 1 aromatic carbocycles. The average Bonchev–Trinajstić information content (AvgIpc) is 3.74. The van der Waals surface area contributed by atoms with Gasteiger partial charge in [0.1, 0.15) is 11.7 Å². The molecule has 4 rings (SSSR count). The summed E-state index contributed by atoms with van der Waals surface area (Å²) in [7, 11) is 0. The van der Waals surface area contributed by atoms with Crippen LogP contribution in [0.2, 0.25) is 0 Å². The molecule has 12 nitrogen and oxygen atoms in total. The molecule has 0 radical (unpaired) electrons. The topological polar surface area (TPSA) is 181 Å². The first kappa shape index (κ1) is 40.9. The van der Waals surface area contributed by atoms with Gasteiger partial charge in [-0.3, -0.25) is 38.5 Å². The number of hydrogen-bond acceptors (Lipinski definition) is 9. The van der Waals surface area contributed by atoms with Crippen molar-refractivity contribution in [1.82, 2.24) is 20.2 Å². The van der Waals surface area contributed by atoms with Crippen molar-refractivity contribution >= 4 is 40.9 Å². The molecule has 2 heterocycles. The van der Waals surface area contributed by atoms with Gasteiger partial charge >= 0.3 is 5.97 Å². The number of nitrogens with zero attached hydrogens (tertiary/aromatic N) is 3. The highest BCUT2D eigenvalue weighted by Crippen LogP contribution is 2.40. The highest BCUT2D eigenvalue weighted by atomic mass is 16.4. The Kier molecular flexibility index (Phi) is 14.5. The highest BCUT2D eigenvalue weighted by Gasteiger charge is 2.50. The average molecular weight is 729 g/mol. The molecule has 0 bridgehead atoms. The molecule has 284 valence electrons. The zero-order valence-corrected chi connectivity index (χ0v) is 31.3. The predicted molar refractivity (Wildman–Crippen MR) is 196 cm³/mol. The Morgan fingerprint density at radius 2 is 1.64 bits per heavy atom. The number of benzene rings is 1. The summed E-state index contributed by atoms with van der Waals surface area (Å²) in [6.07, 6.45) is 8.76. The molecule has 53 heavy (non-hydrogen) atoms. The van der Waals surface area contributed by atoms with E-state index in [-0.39, 0.29) is 73.2 Å². The van der Waals surface area contributed by atoms with Gasteiger partial charge in [-0.1, -0.05) is 83.5 Å². The standard InChI is InChI=1S/C41H52N4O8/c1-6-11-27(38(49)35(48)20-29(41(52)53)18-26-12-8-7-9-13-26)19-34(47)37-30-15-10-14-28(30)23-45(37)40(51)36(25(4)5)44-39(50)31(24(2)3)21-33(46)32-22-42-16-17-43-32/h7-10,12-14,16-17,22,24-25,27-31,36-37H,6,11,15,18-21,23H2,1-5H3,(H,44,50)(H,52,53)/t27?,28-,29+,30-,31+,36-,37?/m0/s1. The fourth-order valence-corrected chi connectivity index (χ4v) is 7.57. The van der Waals surface area contributed by atoms with Crippen LogP contribution in [-0.4, -0.2) is 79.5 Å². The van der Waals surface area contributed by atoms with Gasteiger partial charge in [0, 0.05) is 50.0 Å². The molecule has 1 saturated heterocycles. The lowest BCUT2D eigenvalue weighted by molar-refractivity contribution is -0.147. The molecule has 2 unspecified atom stereocenters. The molecule has 1 aliphatic heterocycles. The molecule has 1 aromatic heterocycles. The van der Waals surface area contributed by atoms with Gasteiger partial charge in [-0.25, -0.2) is 4.98 Å². The Morgan fingerprint density at radius 1 is 0.925 bits per heavy atom. The summed E-state index contributed by atoms with van der Waals surface area (Å²) in [5, 5.41) is 12.7. The predicted octanol–water partition coefficient (Wildman–Crippen LogP) is 4.71. The van der Waals surface area contributed by atoms with E-state index >= 15 is 0 Å². The lowest BCUT2D eigenvalue weighted by Crippen LogP contribution is -2.56. The Balaban J connectivity index is 1.50. The number of aromatic nitrogens is 2. The summed E-state index contributed by atoms with van der Waals surface area (Å²) in [6.45, 7) is 9.36. The maximum atomic E-state index is 14.4. The normalized spacial score (nSPS) is 20.1. The van der Waals surface area contributed by atoms with Crippen LogP contribution < -0.4 is 5.32 Å². The number of carboxylic acid groups (broad SMARTS) is 1. The molecule has 12 heteroatoms. The fourth-order valence-electron chi connectivity index (χ4n) is 7.57. The van der Waals surface area contributed by atoms with Crippen LogP contribution in [0, 0.1) is 41.4 Å². The minimum absolute atomic E-state index is 0.0827. The fraction of sp³-hybridized carbons (Fsp3) is 0.537. The second kappa shape index (κ2) is 18.8. The minimum Gasteiger partial charge on any atom is -0.481 e. The van der Waals surface area contributed by atoms with E-state index in [1.54, 1.807) is 44.2 Å². The van der Waals surface area contributed by atoms with E-state index in [1.807, 2.05) is 32.9 Å². The number of carbonyl (C=O) groups excluding carboxylic acids is 6. The van der Waals surface area contributed by atoms with Crippen LogP contribution in [0.25, 0.3) is 0 Å². The van der Waals surface area contributed by atoms with Gasteiger partial charge in [0.15, 0.2) is 17.3 Å². The second-order valence-corrected chi connectivity index (χ2v) is 15.1. The Morgan fingerprint density at radius 3 is 2.25 bits per heavy atom. The molecule has 0 spiro atoms. The van der Waals surface area contributed by atoms with Crippen LogP contribution in [0.4, 0.5) is 0 Å². The second-order valence-electron chi connectivity index (χ2n) is 15.1. The van der Waals surface area contributed by atoms with E-state index in [1.165, 1.54) is 23.5 Å². The summed E-state index contributed by atoms with van der Waals surface area (Å²) in [6, 6.07) is 7.03. The van der Waals surface area contributed by atoms with E-state index in [2.05, 4.69) is 15.3 Å². The van der Waals surface area contributed by atoms with Crippen molar-refractivity contribution in [2.24, 2.45) is 41.4 Å². The van der Waals surface area contributed by atoms with Crippen molar-refractivity contribution in [1.29, 1.82) is 0 Å². The summed E-state index contributed by atoms with van der Waals surface area (Å²) in [5.41, 5.74) is 0.883. The Hall–Kier alpha value is -4.87. The first-order valence-corrected chi connectivity index (χ1v) is 18.7. The van der Waals surface area contributed by atoms with Crippen molar-refractivity contribution in [3.05, 3.63) is 72.3 Å². The molecular formula is C41H52N4O8. The van der Waals surface area contributed by atoms with E-state index in [9.17, 15) is 38.7 Å². The number of rotatable bonds is 20. The number of carbonyl (C=O) groups is 7. The van der Waals surface area contributed by atoms with Gasteiger partial charge in [0.25, 0.3) is 0 Å². The Labute approximate surface area is 311 Å². The third kappa shape index (κ3) is 10.4. The Bertz CT molecular complexity index is 1670. The summed E-state index contributed by atoms with van der Waals surface area (Å²) < 4.78 is 0. The van der Waals surface area contributed by atoms with Gasteiger partial charge < -0.3 is 15.3 Å². The number of likely N-dealkylation sites (tertiary alicyclic amines) is 1. The smallest absolute Gasteiger partial charge is 0.307 e. The lowest BCUT2D eigenvalue weighted by atomic mass is 9.82. The minimum atomic E-state index is -1.18. The largest absolute Gasteiger partial charge is 0.481 e. The number of allylic oxidation sites excluding steroid dienone is 1. The maximum Gasteiger partial charge on any atom is 0.307 e. The van der Waals surface area contributed by atoms with Gasteiger partial charge in [-0.15, -0.1) is 0 Å². The molecule has 7 atom stereocenters. The SMILES string of the molecule is CCCC(CC(=O)C1[C@H]2CC=C[C@H]2CN1C(=O)[C@@H](NC(=O)[C@H](CC(=O)c1cnccn1)C(C)C)C(C)C)C(=O)C(=O)C[C@@H](Cc1ccccc1)C(=O)O.